The first-order valence-corrected chi connectivity index (χ1v) is 8.33. The van der Waals surface area contributed by atoms with Gasteiger partial charge in [0.2, 0.25) is 0 Å². The van der Waals surface area contributed by atoms with Crippen molar-refractivity contribution in [1.29, 1.82) is 0 Å². The Kier molecular flexibility index (Phi) is 3.32. The molecule has 0 amide bonds. The van der Waals surface area contributed by atoms with Crippen LogP contribution < -0.4 is 4.90 Å². The second-order valence-corrected chi connectivity index (χ2v) is 7.06. The van der Waals surface area contributed by atoms with Gasteiger partial charge in [0.25, 0.3) is 0 Å². The molecule has 0 aliphatic carbocycles. The summed E-state index contributed by atoms with van der Waals surface area (Å²) in [5, 5.41) is 3.29. The number of hydrogen-bond donors (Lipinski definition) is 0. The zero-order valence-electron chi connectivity index (χ0n) is 12.5. The van der Waals surface area contributed by atoms with Crippen LogP contribution in [0.3, 0.4) is 0 Å². The van der Waals surface area contributed by atoms with Gasteiger partial charge in [0, 0.05) is 25.6 Å². The summed E-state index contributed by atoms with van der Waals surface area (Å²) in [6.45, 7) is 6.78. The van der Waals surface area contributed by atoms with E-state index in [0.29, 0.717) is 12.0 Å². The Morgan fingerprint density at radius 1 is 1.24 bits per heavy atom. The van der Waals surface area contributed by atoms with E-state index in [-0.39, 0.29) is 0 Å². The number of hydrogen-bond acceptors (Lipinski definition) is 6. The van der Waals surface area contributed by atoms with Gasteiger partial charge in [-0.2, -0.15) is 0 Å². The third kappa shape index (κ3) is 2.41. The number of thiophene rings is 1. The van der Waals surface area contributed by atoms with E-state index in [0.717, 1.165) is 49.3 Å². The van der Waals surface area contributed by atoms with E-state index in [1.807, 2.05) is 6.92 Å². The summed E-state index contributed by atoms with van der Waals surface area (Å²) in [5.41, 5.74) is 0. The molecule has 2 aromatic rings. The Morgan fingerprint density at radius 3 is 3.05 bits per heavy atom. The molecule has 2 fully saturated rings. The Labute approximate surface area is 128 Å². The second kappa shape index (κ2) is 5.19. The number of rotatable bonds is 1. The van der Waals surface area contributed by atoms with Crippen molar-refractivity contribution in [2.75, 3.05) is 44.8 Å². The average Bonchev–Trinajstić information content (AvgIpc) is 2.72. The van der Waals surface area contributed by atoms with Gasteiger partial charge in [0.1, 0.15) is 16.5 Å². The molecule has 0 radical (unpaired) electrons. The summed E-state index contributed by atoms with van der Waals surface area (Å²) in [6, 6.07) is 2.52. The van der Waals surface area contributed by atoms with E-state index < -0.39 is 0 Å². The van der Waals surface area contributed by atoms with E-state index >= 15 is 0 Å². The lowest BCUT2D eigenvalue weighted by atomic mass is 10.1. The fourth-order valence-electron chi connectivity index (χ4n) is 3.50. The lowest BCUT2D eigenvalue weighted by molar-refractivity contribution is 0.0725. The maximum atomic E-state index is 5.88. The highest BCUT2D eigenvalue weighted by Crippen LogP contribution is 2.31. The standard InChI is InChI=1S/C15H20N4OS/c1-10-16-14(13-3-4-21-15(13)17-10)19-6-11-5-18(2)7-12(19)9-20-8-11/h3-4,11-12H,5-9H2,1-2H3/t11-,12-/m0/s1. The first kappa shape index (κ1) is 13.4. The van der Waals surface area contributed by atoms with Gasteiger partial charge in [0.05, 0.1) is 24.6 Å². The molecule has 4 rings (SSSR count). The number of anilines is 1. The molecule has 0 unspecified atom stereocenters. The van der Waals surface area contributed by atoms with E-state index in [4.69, 9.17) is 9.72 Å². The molecule has 2 aliphatic heterocycles. The van der Waals surface area contributed by atoms with E-state index in [9.17, 15) is 0 Å². The number of aryl methyl sites for hydroxylation is 1. The van der Waals surface area contributed by atoms with Crippen LogP contribution in [0.5, 0.6) is 0 Å². The van der Waals surface area contributed by atoms with E-state index in [1.165, 1.54) is 5.39 Å². The molecule has 6 heteroatoms. The molecule has 0 spiro atoms. The number of aromatic nitrogens is 2. The smallest absolute Gasteiger partial charge is 0.141 e. The van der Waals surface area contributed by atoms with Crippen molar-refractivity contribution < 1.29 is 4.74 Å². The maximum Gasteiger partial charge on any atom is 0.141 e. The molecule has 2 saturated heterocycles. The molecule has 0 N–H and O–H groups in total. The highest BCUT2D eigenvalue weighted by molar-refractivity contribution is 7.16. The van der Waals surface area contributed by atoms with Crippen molar-refractivity contribution in [3.8, 4) is 0 Å². The van der Waals surface area contributed by atoms with Crippen molar-refractivity contribution in [2.24, 2.45) is 5.92 Å². The second-order valence-electron chi connectivity index (χ2n) is 6.16. The molecular weight excluding hydrogens is 284 g/mol. The topological polar surface area (TPSA) is 41.5 Å². The van der Waals surface area contributed by atoms with Crippen LogP contribution >= 0.6 is 11.3 Å². The van der Waals surface area contributed by atoms with Crippen LogP contribution in [0, 0.1) is 12.8 Å². The minimum Gasteiger partial charge on any atom is -0.379 e. The predicted molar refractivity (Wildman–Crippen MR) is 85.1 cm³/mol. The maximum absolute atomic E-state index is 5.88. The molecule has 0 saturated carbocycles. The highest BCUT2D eigenvalue weighted by atomic mass is 32.1. The molecule has 2 atom stereocenters. The highest BCUT2D eigenvalue weighted by Gasteiger charge is 2.33. The minimum atomic E-state index is 0.375. The van der Waals surface area contributed by atoms with Crippen molar-refractivity contribution >= 4 is 27.4 Å². The molecule has 4 heterocycles. The summed E-state index contributed by atoms with van der Waals surface area (Å²) in [5.74, 6) is 2.49. The van der Waals surface area contributed by atoms with Crippen LogP contribution in [0.25, 0.3) is 10.2 Å². The van der Waals surface area contributed by atoms with Gasteiger partial charge < -0.3 is 14.5 Å². The first-order valence-electron chi connectivity index (χ1n) is 7.45. The van der Waals surface area contributed by atoms with Crippen LogP contribution in [0.1, 0.15) is 5.82 Å². The summed E-state index contributed by atoms with van der Waals surface area (Å²) < 4.78 is 5.88. The summed E-state index contributed by atoms with van der Waals surface area (Å²) in [4.78, 5) is 15.3. The fourth-order valence-corrected chi connectivity index (χ4v) is 4.30. The molecule has 112 valence electrons. The lowest BCUT2D eigenvalue weighted by Crippen LogP contribution is -2.43. The number of likely N-dealkylation sites (N-methyl/N-ethyl adjacent to an activating group) is 1. The normalized spacial score (nSPS) is 27.0. The van der Waals surface area contributed by atoms with Crippen molar-refractivity contribution in [1.82, 2.24) is 14.9 Å². The lowest BCUT2D eigenvalue weighted by Gasteiger charge is -2.31. The van der Waals surface area contributed by atoms with Crippen molar-refractivity contribution in [2.45, 2.75) is 13.0 Å². The van der Waals surface area contributed by atoms with Gasteiger partial charge >= 0.3 is 0 Å². The van der Waals surface area contributed by atoms with Crippen molar-refractivity contribution in [3.63, 3.8) is 0 Å². The molecule has 2 aromatic heterocycles. The molecule has 2 bridgehead atoms. The zero-order chi connectivity index (χ0) is 14.4. The average molecular weight is 304 g/mol. The van der Waals surface area contributed by atoms with Crippen LogP contribution in [0.4, 0.5) is 5.82 Å². The van der Waals surface area contributed by atoms with Gasteiger partial charge in [-0.1, -0.05) is 0 Å². The Hall–Kier alpha value is -1.24. The van der Waals surface area contributed by atoms with Gasteiger partial charge in [-0.25, -0.2) is 9.97 Å². The first-order chi connectivity index (χ1) is 10.2. The van der Waals surface area contributed by atoms with Crippen LogP contribution in [0.15, 0.2) is 11.4 Å². The summed E-state index contributed by atoms with van der Waals surface area (Å²) in [6.07, 6.45) is 0. The minimum absolute atomic E-state index is 0.375. The predicted octanol–water partition coefficient (Wildman–Crippen LogP) is 1.77. The fraction of sp³-hybridized carbons (Fsp3) is 0.600. The van der Waals surface area contributed by atoms with Crippen LogP contribution in [0.2, 0.25) is 0 Å². The summed E-state index contributed by atoms with van der Waals surface area (Å²) in [7, 11) is 2.21. The molecule has 0 aromatic carbocycles. The third-order valence-corrected chi connectivity index (χ3v) is 5.15. The van der Waals surface area contributed by atoms with Crippen LogP contribution in [-0.4, -0.2) is 60.8 Å². The number of ether oxygens (including phenoxy) is 1. The zero-order valence-corrected chi connectivity index (χ0v) is 13.3. The Balaban J connectivity index is 1.81. The molecule has 21 heavy (non-hydrogen) atoms. The van der Waals surface area contributed by atoms with E-state index in [1.54, 1.807) is 11.3 Å². The van der Waals surface area contributed by atoms with Crippen molar-refractivity contribution in [3.05, 3.63) is 17.3 Å². The molecule has 2 aliphatic rings. The largest absolute Gasteiger partial charge is 0.379 e. The Bertz CT molecular complexity index is 658. The summed E-state index contributed by atoms with van der Waals surface area (Å²) >= 11 is 1.69. The monoisotopic (exact) mass is 304 g/mol. The van der Waals surface area contributed by atoms with E-state index in [2.05, 4.69) is 33.3 Å². The SMILES string of the molecule is Cc1nc(N2C[C@H]3COC[C@@H]2CN(C)C3)c2ccsc2n1. The Morgan fingerprint density at radius 2 is 2.14 bits per heavy atom. The van der Waals surface area contributed by atoms with Gasteiger partial charge in [-0.05, 0) is 25.4 Å². The molecule has 5 nitrogen and oxygen atoms in total. The van der Waals surface area contributed by atoms with Crippen LogP contribution in [-0.2, 0) is 4.74 Å². The quantitative estimate of drug-likeness (QED) is 0.803. The van der Waals surface area contributed by atoms with Gasteiger partial charge in [-0.15, -0.1) is 11.3 Å². The molecular formula is C15H20N4OS. The third-order valence-electron chi connectivity index (χ3n) is 4.34. The number of nitrogens with zero attached hydrogens (tertiary/aromatic N) is 4. The van der Waals surface area contributed by atoms with Gasteiger partial charge in [0.15, 0.2) is 0 Å². The van der Waals surface area contributed by atoms with Gasteiger partial charge in [-0.3, -0.25) is 0 Å². The number of fused-ring (bicyclic) bond motifs is 4.